The molecule has 0 heterocycles. The van der Waals surface area contributed by atoms with E-state index in [2.05, 4.69) is 0 Å². The third-order valence-corrected chi connectivity index (χ3v) is 2.41. The van der Waals surface area contributed by atoms with Gasteiger partial charge in [0.25, 0.3) is 0 Å². The first kappa shape index (κ1) is 13.9. The van der Waals surface area contributed by atoms with Crippen LogP contribution in [-0.2, 0) is 9.53 Å². The SMILES string of the molecule is CCOC(=O)C(=CI)C(O)C(C)(C)C. The molecule has 0 radical (unpaired) electrons. The van der Waals surface area contributed by atoms with Crippen molar-refractivity contribution in [1.82, 2.24) is 0 Å². The van der Waals surface area contributed by atoms with Crippen molar-refractivity contribution in [2.24, 2.45) is 5.41 Å². The van der Waals surface area contributed by atoms with E-state index in [9.17, 15) is 9.90 Å². The van der Waals surface area contributed by atoms with Crippen LogP contribution < -0.4 is 0 Å². The van der Waals surface area contributed by atoms with Gasteiger partial charge in [-0.05, 0) is 16.4 Å². The second-order valence-corrected chi connectivity index (χ2v) is 4.68. The number of aliphatic hydroxyl groups is 1. The standard InChI is InChI=1S/C10H17IO3/c1-5-14-9(13)7(6-11)8(12)10(2,3)4/h6,8,12H,5H2,1-4H3. The highest BCUT2D eigenvalue weighted by molar-refractivity contribution is 14.1. The van der Waals surface area contributed by atoms with Gasteiger partial charge >= 0.3 is 5.97 Å². The fourth-order valence-corrected chi connectivity index (χ4v) is 1.49. The van der Waals surface area contributed by atoms with Gasteiger partial charge in [0.15, 0.2) is 0 Å². The molecule has 14 heavy (non-hydrogen) atoms. The summed E-state index contributed by atoms with van der Waals surface area (Å²) in [4.78, 5) is 11.4. The molecule has 0 spiro atoms. The number of hydrogen-bond acceptors (Lipinski definition) is 3. The molecule has 3 nitrogen and oxygen atoms in total. The summed E-state index contributed by atoms with van der Waals surface area (Å²) in [7, 11) is 0. The summed E-state index contributed by atoms with van der Waals surface area (Å²) in [6.45, 7) is 7.68. The van der Waals surface area contributed by atoms with Gasteiger partial charge < -0.3 is 9.84 Å². The molecular formula is C10H17IO3. The molecule has 82 valence electrons. The smallest absolute Gasteiger partial charge is 0.337 e. The van der Waals surface area contributed by atoms with E-state index >= 15 is 0 Å². The lowest BCUT2D eigenvalue weighted by Gasteiger charge is -2.26. The van der Waals surface area contributed by atoms with Crippen LogP contribution in [0.4, 0.5) is 0 Å². The maximum absolute atomic E-state index is 11.4. The van der Waals surface area contributed by atoms with Crippen molar-refractivity contribution in [1.29, 1.82) is 0 Å². The molecule has 1 unspecified atom stereocenters. The molecule has 0 aliphatic rings. The molecule has 1 atom stereocenters. The van der Waals surface area contributed by atoms with Gasteiger partial charge in [-0.2, -0.15) is 0 Å². The van der Waals surface area contributed by atoms with Crippen molar-refractivity contribution in [2.75, 3.05) is 6.61 Å². The number of carbonyl (C=O) groups is 1. The van der Waals surface area contributed by atoms with Gasteiger partial charge in [0.2, 0.25) is 0 Å². The molecule has 0 saturated heterocycles. The molecule has 0 aromatic heterocycles. The molecule has 4 heteroatoms. The Kier molecular flexibility index (Phi) is 5.66. The lowest BCUT2D eigenvalue weighted by atomic mass is 9.85. The van der Waals surface area contributed by atoms with E-state index in [0.29, 0.717) is 12.2 Å². The van der Waals surface area contributed by atoms with E-state index in [-0.39, 0.29) is 5.41 Å². The number of hydrogen-bond donors (Lipinski definition) is 1. The number of ether oxygens (including phenoxy) is 1. The van der Waals surface area contributed by atoms with E-state index in [1.807, 2.05) is 43.4 Å². The van der Waals surface area contributed by atoms with Crippen LogP contribution in [0.25, 0.3) is 0 Å². The van der Waals surface area contributed by atoms with E-state index in [1.54, 1.807) is 11.0 Å². The van der Waals surface area contributed by atoms with Crippen LogP contribution in [0.2, 0.25) is 0 Å². The van der Waals surface area contributed by atoms with Gasteiger partial charge in [0.1, 0.15) is 0 Å². The summed E-state index contributed by atoms with van der Waals surface area (Å²) in [6.07, 6.45) is -0.793. The van der Waals surface area contributed by atoms with Crippen LogP contribution in [-0.4, -0.2) is 23.8 Å². The Bertz CT molecular complexity index is 228. The Labute approximate surface area is 98.7 Å². The van der Waals surface area contributed by atoms with Crippen LogP contribution >= 0.6 is 22.6 Å². The molecule has 0 fully saturated rings. The highest BCUT2D eigenvalue weighted by Gasteiger charge is 2.30. The molecule has 0 bridgehead atoms. The Hall–Kier alpha value is -0.100. The Balaban J connectivity index is 4.67. The van der Waals surface area contributed by atoms with Crippen molar-refractivity contribution in [3.05, 3.63) is 9.66 Å². The Morgan fingerprint density at radius 3 is 2.36 bits per heavy atom. The molecule has 0 aromatic rings. The first-order chi connectivity index (χ1) is 6.34. The van der Waals surface area contributed by atoms with Gasteiger partial charge in [-0.15, -0.1) is 0 Å². The molecule has 0 rings (SSSR count). The lowest BCUT2D eigenvalue weighted by Crippen LogP contribution is -2.32. The zero-order chi connectivity index (χ0) is 11.4. The van der Waals surface area contributed by atoms with Crippen molar-refractivity contribution in [2.45, 2.75) is 33.8 Å². The van der Waals surface area contributed by atoms with Gasteiger partial charge in [-0.25, -0.2) is 4.79 Å². The highest BCUT2D eigenvalue weighted by Crippen LogP contribution is 2.26. The first-order valence-corrected chi connectivity index (χ1v) is 5.74. The minimum absolute atomic E-state index is 0.319. The maximum Gasteiger partial charge on any atom is 0.337 e. The molecule has 1 N–H and O–H groups in total. The van der Waals surface area contributed by atoms with Crippen molar-refractivity contribution in [3.63, 3.8) is 0 Å². The van der Waals surface area contributed by atoms with Gasteiger partial charge in [-0.3, -0.25) is 0 Å². The monoisotopic (exact) mass is 312 g/mol. The molecule has 0 amide bonds. The van der Waals surface area contributed by atoms with E-state index < -0.39 is 12.1 Å². The topological polar surface area (TPSA) is 46.5 Å². The first-order valence-electron chi connectivity index (χ1n) is 4.50. The lowest BCUT2D eigenvalue weighted by molar-refractivity contribution is -0.140. The number of halogens is 1. The van der Waals surface area contributed by atoms with Crippen LogP contribution in [0.1, 0.15) is 27.7 Å². The predicted molar refractivity (Wildman–Crippen MR) is 64.2 cm³/mol. The van der Waals surface area contributed by atoms with E-state index in [0.717, 1.165) is 0 Å². The van der Waals surface area contributed by atoms with Crippen molar-refractivity contribution in [3.8, 4) is 0 Å². The molecule has 0 aliphatic carbocycles. The Morgan fingerprint density at radius 1 is 1.57 bits per heavy atom. The summed E-state index contributed by atoms with van der Waals surface area (Å²) in [6, 6.07) is 0. The fraction of sp³-hybridized carbons (Fsp3) is 0.700. The van der Waals surface area contributed by atoms with Crippen LogP contribution in [0.15, 0.2) is 9.66 Å². The Morgan fingerprint density at radius 2 is 2.07 bits per heavy atom. The largest absolute Gasteiger partial charge is 0.463 e. The summed E-state index contributed by atoms with van der Waals surface area (Å²) in [5.74, 6) is -0.440. The molecule has 0 saturated carbocycles. The molecule has 0 aromatic carbocycles. The number of rotatable bonds is 3. The predicted octanol–water partition coefficient (Wildman–Crippen LogP) is 2.28. The third-order valence-electron chi connectivity index (χ3n) is 1.74. The minimum Gasteiger partial charge on any atom is -0.463 e. The summed E-state index contributed by atoms with van der Waals surface area (Å²) in [5.41, 5.74) is -0.0380. The molecule has 0 aliphatic heterocycles. The second kappa shape index (κ2) is 5.70. The van der Waals surface area contributed by atoms with Crippen molar-refractivity contribution < 1.29 is 14.6 Å². The normalized spacial score (nSPS) is 15.1. The highest BCUT2D eigenvalue weighted by atomic mass is 127. The third kappa shape index (κ3) is 3.96. The van der Waals surface area contributed by atoms with Gasteiger partial charge in [0.05, 0.1) is 18.3 Å². The van der Waals surface area contributed by atoms with Crippen LogP contribution in [0, 0.1) is 5.41 Å². The number of carbonyl (C=O) groups excluding carboxylic acids is 1. The number of esters is 1. The van der Waals surface area contributed by atoms with Gasteiger partial charge in [-0.1, -0.05) is 43.4 Å². The molecular weight excluding hydrogens is 295 g/mol. The van der Waals surface area contributed by atoms with Crippen LogP contribution in [0.3, 0.4) is 0 Å². The van der Waals surface area contributed by atoms with E-state index in [4.69, 9.17) is 4.74 Å². The minimum atomic E-state index is -0.793. The van der Waals surface area contributed by atoms with E-state index in [1.165, 1.54) is 0 Å². The average molecular weight is 312 g/mol. The maximum atomic E-state index is 11.4. The zero-order valence-electron chi connectivity index (χ0n) is 9.00. The number of aliphatic hydroxyl groups excluding tert-OH is 1. The van der Waals surface area contributed by atoms with Crippen LogP contribution in [0.5, 0.6) is 0 Å². The second-order valence-electron chi connectivity index (χ2n) is 4.05. The summed E-state index contributed by atoms with van der Waals surface area (Å²) in [5, 5.41) is 9.87. The summed E-state index contributed by atoms with van der Waals surface area (Å²) < 4.78 is 6.41. The zero-order valence-corrected chi connectivity index (χ0v) is 11.2. The fourth-order valence-electron chi connectivity index (χ4n) is 0.897. The average Bonchev–Trinajstić information content (AvgIpc) is 2.04. The quantitative estimate of drug-likeness (QED) is 0.494. The summed E-state index contributed by atoms with van der Waals surface area (Å²) >= 11 is 1.94. The van der Waals surface area contributed by atoms with Gasteiger partial charge in [0, 0.05) is 0 Å². The van der Waals surface area contributed by atoms with Crippen molar-refractivity contribution >= 4 is 28.6 Å².